The van der Waals surface area contributed by atoms with Crippen LogP contribution in [0.4, 0.5) is 17.1 Å². The van der Waals surface area contributed by atoms with Gasteiger partial charge in [0, 0.05) is 6.07 Å². The first-order chi connectivity index (χ1) is 11.3. The van der Waals surface area contributed by atoms with Gasteiger partial charge in [-0.05, 0) is 55.6 Å². The molecule has 0 unspecified atom stereocenters. The number of benzene rings is 2. The SMILES string of the molecule is O=[N+]([O-])c1ccc(N/N=C\c2cc(Br)c(O)c(Br)c2)c([N+](=O)[O-])c1. The average molecular weight is 460 g/mol. The molecule has 0 atom stereocenters. The minimum absolute atomic E-state index is 0.0127. The Balaban J connectivity index is 2.25. The van der Waals surface area contributed by atoms with Crippen LogP contribution in [0.15, 0.2) is 44.4 Å². The Morgan fingerprint density at radius 2 is 1.71 bits per heavy atom. The van der Waals surface area contributed by atoms with Crippen molar-refractivity contribution in [3.63, 3.8) is 0 Å². The van der Waals surface area contributed by atoms with Crippen LogP contribution in [0.1, 0.15) is 5.56 Å². The zero-order chi connectivity index (χ0) is 17.9. The lowest BCUT2D eigenvalue weighted by Crippen LogP contribution is -1.98. The fourth-order valence-corrected chi connectivity index (χ4v) is 2.94. The van der Waals surface area contributed by atoms with E-state index in [2.05, 4.69) is 42.4 Å². The summed E-state index contributed by atoms with van der Waals surface area (Å²) in [5, 5.41) is 35.2. The summed E-state index contributed by atoms with van der Waals surface area (Å²) in [5.41, 5.74) is 2.24. The van der Waals surface area contributed by atoms with E-state index in [0.29, 0.717) is 14.5 Å². The molecule has 0 aliphatic rings. The first kappa shape index (κ1) is 17.8. The fourth-order valence-electron chi connectivity index (χ4n) is 1.72. The number of aromatic hydroxyl groups is 1. The summed E-state index contributed by atoms with van der Waals surface area (Å²) in [4.78, 5) is 20.2. The Morgan fingerprint density at radius 3 is 2.25 bits per heavy atom. The van der Waals surface area contributed by atoms with Crippen molar-refractivity contribution in [1.29, 1.82) is 0 Å². The third-order valence-electron chi connectivity index (χ3n) is 2.83. The van der Waals surface area contributed by atoms with Gasteiger partial charge in [0.1, 0.15) is 11.4 Å². The molecule has 0 saturated heterocycles. The Hall–Kier alpha value is -2.53. The highest BCUT2D eigenvalue weighted by atomic mass is 79.9. The van der Waals surface area contributed by atoms with Gasteiger partial charge >= 0.3 is 5.69 Å². The molecular weight excluding hydrogens is 452 g/mol. The van der Waals surface area contributed by atoms with Crippen LogP contribution >= 0.6 is 31.9 Å². The van der Waals surface area contributed by atoms with Gasteiger partial charge in [-0.3, -0.25) is 25.7 Å². The van der Waals surface area contributed by atoms with Crippen molar-refractivity contribution in [3.8, 4) is 5.75 Å². The minimum atomic E-state index is -0.738. The number of hydrazone groups is 1. The van der Waals surface area contributed by atoms with Crippen molar-refractivity contribution in [1.82, 2.24) is 0 Å². The topological polar surface area (TPSA) is 131 Å². The van der Waals surface area contributed by atoms with Crippen LogP contribution in [-0.2, 0) is 0 Å². The summed E-state index contributed by atoms with van der Waals surface area (Å²) in [5.74, 6) is 0.0334. The summed E-state index contributed by atoms with van der Waals surface area (Å²) in [6.45, 7) is 0. The second kappa shape index (κ2) is 7.36. The number of hydrogen-bond acceptors (Lipinski definition) is 7. The van der Waals surface area contributed by atoms with Crippen molar-refractivity contribution in [3.05, 3.63) is 65.1 Å². The van der Waals surface area contributed by atoms with Crippen LogP contribution in [0, 0.1) is 20.2 Å². The van der Waals surface area contributed by atoms with E-state index in [9.17, 15) is 25.3 Å². The number of halogens is 2. The smallest absolute Gasteiger partial charge is 0.301 e. The third kappa shape index (κ3) is 4.06. The van der Waals surface area contributed by atoms with Crippen molar-refractivity contribution in [2.75, 3.05) is 5.43 Å². The van der Waals surface area contributed by atoms with Gasteiger partial charge in [-0.25, -0.2) is 0 Å². The van der Waals surface area contributed by atoms with E-state index in [1.807, 2.05) is 0 Å². The molecule has 11 heteroatoms. The standard InChI is InChI=1S/C13H8Br2N4O5/c14-9-3-7(4-10(15)13(9)20)6-16-17-11-2-1-8(18(21)22)5-12(11)19(23)24/h1-6,17,20H/b16-6-. The van der Waals surface area contributed by atoms with Gasteiger partial charge in [-0.15, -0.1) is 0 Å². The summed E-state index contributed by atoms with van der Waals surface area (Å²) in [6, 6.07) is 6.38. The first-order valence-electron chi connectivity index (χ1n) is 6.19. The first-order valence-corrected chi connectivity index (χ1v) is 7.78. The lowest BCUT2D eigenvalue weighted by Gasteiger charge is -2.03. The zero-order valence-electron chi connectivity index (χ0n) is 11.6. The number of nitrogens with one attached hydrogen (secondary N) is 1. The lowest BCUT2D eigenvalue weighted by atomic mass is 10.2. The number of nitrogens with zero attached hydrogens (tertiary/aromatic N) is 3. The van der Waals surface area contributed by atoms with Crippen LogP contribution in [-0.4, -0.2) is 21.2 Å². The molecule has 2 N–H and O–H groups in total. The number of rotatable bonds is 5. The second-order valence-electron chi connectivity index (χ2n) is 4.42. The Bertz CT molecular complexity index is 833. The number of phenolic OH excluding ortho intramolecular Hbond substituents is 1. The summed E-state index contributed by atoms with van der Waals surface area (Å²) >= 11 is 6.34. The Kier molecular flexibility index (Phi) is 5.46. The number of anilines is 1. The Labute approximate surface area is 151 Å². The quantitative estimate of drug-likeness (QED) is 0.391. The minimum Gasteiger partial charge on any atom is -0.506 e. The zero-order valence-corrected chi connectivity index (χ0v) is 14.8. The number of non-ortho nitro benzene ring substituents is 1. The molecule has 0 aromatic heterocycles. The second-order valence-corrected chi connectivity index (χ2v) is 6.13. The largest absolute Gasteiger partial charge is 0.506 e. The molecular formula is C13H8Br2N4O5. The molecule has 2 aromatic rings. The molecule has 0 bridgehead atoms. The lowest BCUT2D eigenvalue weighted by molar-refractivity contribution is -0.393. The predicted octanol–water partition coefficient (Wildman–Crippen LogP) is 4.18. The van der Waals surface area contributed by atoms with Gasteiger partial charge < -0.3 is 5.11 Å². The van der Waals surface area contributed by atoms with Crippen LogP contribution in [0.25, 0.3) is 0 Å². The van der Waals surface area contributed by atoms with Crippen molar-refractivity contribution in [2.45, 2.75) is 0 Å². The monoisotopic (exact) mass is 458 g/mol. The number of nitro groups is 2. The van der Waals surface area contributed by atoms with Crippen LogP contribution in [0.2, 0.25) is 0 Å². The van der Waals surface area contributed by atoms with Crippen LogP contribution in [0.5, 0.6) is 5.75 Å². The molecule has 9 nitrogen and oxygen atoms in total. The normalized spacial score (nSPS) is 10.8. The molecule has 0 spiro atoms. The van der Waals surface area contributed by atoms with Crippen molar-refractivity contribution >= 4 is 55.1 Å². The van der Waals surface area contributed by atoms with Gasteiger partial charge in [0.2, 0.25) is 0 Å². The Morgan fingerprint density at radius 1 is 1.08 bits per heavy atom. The van der Waals surface area contributed by atoms with E-state index in [1.165, 1.54) is 12.3 Å². The van der Waals surface area contributed by atoms with Gasteiger partial charge in [0.05, 0.1) is 31.1 Å². The maximum Gasteiger partial charge on any atom is 0.301 e. The van der Waals surface area contributed by atoms with E-state index in [-0.39, 0.29) is 17.1 Å². The van der Waals surface area contributed by atoms with Crippen LogP contribution < -0.4 is 5.43 Å². The van der Waals surface area contributed by atoms with E-state index >= 15 is 0 Å². The average Bonchev–Trinajstić information content (AvgIpc) is 2.52. The molecule has 0 amide bonds. The molecule has 0 radical (unpaired) electrons. The molecule has 0 aliphatic heterocycles. The van der Waals surface area contributed by atoms with Gasteiger partial charge in [-0.2, -0.15) is 5.10 Å². The van der Waals surface area contributed by atoms with E-state index < -0.39 is 15.5 Å². The van der Waals surface area contributed by atoms with Gasteiger partial charge in [0.15, 0.2) is 0 Å². The van der Waals surface area contributed by atoms with Crippen molar-refractivity contribution in [2.24, 2.45) is 5.10 Å². The maximum atomic E-state index is 11.0. The number of nitro benzene ring substituents is 2. The van der Waals surface area contributed by atoms with Crippen LogP contribution in [0.3, 0.4) is 0 Å². The third-order valence-corrected chi connectivity index (χ3v) is 4.04. The molecule has 2 aromatic carbocycles. The van der Waals surface area contributed by atoms with Crippen molar-refractivity contribution < 1.29 is 15.0 Å². The number of phenols is 1. The molecule has 124 valence electrons. The molecule has 0 heterocycles. The summed E-state index contributed by atoms with van der Waals surface area (Å²) < 4.78 is 0.888. The molecule has 0 saturated carbocycles. The highest BCUT2D eigenvalue weighted by Gasteiger charge is 2.19. The summed E-state index contributed by atoms with van der Waals surface area (Å²) in [7, 11) is 0. The fraction of sp³-hybridized carbons (Fsp3) is 0. The summed E-state index contributed by atoms with van der Waals surface area (Å²) in [6.07, 6.45) is 1.38. The van der Waals surface area contributed by atoms with E-state index in [4.69, 9.17) is 0 Å². The van der Waals surface area contributed by atoms with Gasteiger partial charge in [0.25, 0.3) is 5.69 Å². The maximum absolute atomic E-state index is 11.0. The molecule has 24 heavy (non-hydrogen) atoms. The van der Waals surface area contributed by atoms with Gasteiger partial charge in [-0.1, -0.05) is 0 Å². The molecule has 0 fully saturated rings. The predicted molar refractivity (Wildman–Crippen MR) is 94.5 cm³/mol. The molecule has 0 aliphatic carbocycles. The highest BCUT2D eigenvalue weighted by molar-refractivity contribution is 9.11. The molecule has 2 rings (SSSR count). The highest BCUT2D eigenvalue weighted by Crippen LogP contribution is 2.33. The van der Waals surface area contributed by atoms with E-state index in [0.717, 1.165) is 12.1 Å². The number of hydrogen-bond donors (Lipinski definition) is 2. The van der Waals surface area contributed by atoms with E-state index in [1.54, 1.807) is 12.1 Å².